The second-order valence-corrected chi connectivity index (χ2v) is 5.03. The zero-order chi connectivity index (χ0) is 11.5. The molecule has 1 unspecified atom stereocenters. The number of nitrogens with two attached hydrogens (primary N) is 1. The maximum Gasteiger partial charge on any atom is 0.0674 e. The van der Waals surface area contributed by atoms with Gasteiger partial charge in [0.15, 0.2) is 0 Å². The van der Waals surface area contributed by atoms with Gasteiger partial charge < -0.3 is 10.5 Å². The summed E-state index contributed by atoms with van der Waals surface area (Å²) in [7, 11) is 0. The zero-order valence-corrected chi connectivity index (χ0v) is 11.0. The summed E-state index contributed by atoms with van der Waals surface area (Å²) in [6.45, 7) is 5.84. The molecule has 0 aliphatic carbocycles. The third-order valence-electron chi connectivity index (χ3n) is 2.83. The highest BCUT2D eigenvalue weighted by Gasteiger charge is 2.17. The number of nitrogens with zero attached hydrogens (tertiary/aromatic N) is 1. The molecule has 4 heteroatoms. The lowest BCUT2D eigenvalue weighted by Gasteiger charge is -2.31. The molecular weight excluding hydrogens is 268 g/mol. The lowest BCUT2D eigenvalue weighted by Crippen LogP contribution is -2.40. The molecule has 0 radical (unpaired) electrons. The molecule has 3 nitrogen and oxygen atoms in total. The summed E-state index contributed by atoms with van der Waals surface area (Å²) >= 11 is 3.54. The highest BCUT2D eigenvalue weighted by Crippen LogP contribution is 2.25. The molecule has 2 rings (SSSR count). The summed E-state index contributed by atoms with van der Waals surface area (Å²) < 4.78 is 6.54. The van der Waals surface area contributed by atoms with Gasteiger partial charge in [0.1, 0.15) is 0 Å². The van der Waals surface area contributed by atoms with Crippen molar-refractivity contribution in [3.63, 3.8) is 0 Å². The van der Waals surface area contributed by atoms with Gasteiger partial charge in [0.25, 0.3) is 0 Å². The van der Waals surface area contributed by atoms with E-state index >= 15 is 0 Å². The Morgan fingerprint density at radius 3 is 3.12 bits per heavy atom. The molecule has 2 N–H and O–H groups in total. The number of halogens is 1. The molecule has 0 spiro atoms. The fraction of sp³-hybridized carbons (Fsp3) is 0.500. The van der Waals surface area contributed by atoms with Crippen molar-refractivity contribution in [2.75, 3.05) is 25.4 Å². The number of ether oxygens (including phenoxy) is 1. The van der Waals surface area contributed by atoms with Crippen molar-refractivity contribution in [3.05, 3.63) is 28.2 Å². The van der Waals surface area contributed by atoms with E-state index < -0.39 is 0 Å². The number of hydrogen-bond acceptors (Lipinski definition) is 3. The van der Waals surface area contributed by atoms with E-state index in [0.717, 1.165) is 36.4 Å². The van der Waals surface area contributed by atoms with Crippen molar-refractivity contribution in [3.8, 4) is 0 Å². The van der Waals surface area contributed by atoms with Crippen molar-refractivity contribution < 1.29 is 4.74 Å². The summed E-state index contributed by atoms with van der Waals surface area (Å²) in [5.41, 5.74) is 7.91. The number of morpholine rings is 1. The Labute approximate surface area is 105 Å². The standard InChI is InChI=1S/C12H17BrN2O/c1-9-7-15(5-6-16-9)8-10-3-2-4-11(14)12(10)13/h2-4,9H,5-8,14H2,1H3. The molecule has 88 valence electrons. The van der Waals surface area contributed by atoms with Crippen LogP contribution in [0.1, 0.15) is 12.5 Å². The van der Waals surface area contributed by atoms with Crippen molar-refractivity contribution in [2.45, 2.75) is 19.6 Å². The van der Waals surface area contributed by atoms with E-state index in [0.29, 0.717) is 6.10 Å². The van der Waals surface area contributed by atoms with Crippen molar-refractivity contribution >= 4 is 21.6 Å². The first-order chi connectivity index (χ1) is 7.66. The van der Waals surface area contributed by atoms with Crippen LogP contribution in [0.25, 0.3) is 0 Å². The van der Waals surface area contributed by atoms with E-state index in [-0.39, 0.29) is 0 Å². The number of benzene rings is 1. The first-order valence-electron chi connectivity index (χ1n) is 5.53. The molecule has 1 atom stereocenters. The number of anilines is 1. The second-order valence-electron chi connectivity index (χ2n) is 4.24. The molecule has 1 aliphatic heterocycles. The number of rotatable bonds is 2. The van der Waals surface area contributed by atoms with Crippen LogP contribution in [0.2, 0.25) is 0 Å². The highest BCUT2D eigenvalue weighted by molar-refractivity contribution is 9.10. The Hall–Kier alpha value is -0.580. The lowest BCUT2D eigenvalue weighted by molar-refractivity contribution is -0.0212. The normalized spacial score (nSPS) is 22.2. The van der Waals surface area contributed by atoms with Crippen LogP contribution in [0.5, 0.6) is 0 Å². The van der Waals surface area contributed by atoms with Gasteiger partial charge in [-0.1, -0.05) is 12.1 Å². The van der Waals surface area contributed by atoms with Crippen LogP contribution < -0.4 is 5.73 Å². The quantitative estimate of drug-likeness (QED) is 0.847. The zero-order valence-electron chi connectivity index (χ0n) is 9.45. The summed E-state index contributed by atoms with van der Waals surface area (Å²) in [6.07, 6.45) is 0.327. The summed E-state index contributed by atoms with van der Waals surface area (Å²) in [4.78, 5) is 2.40. The summed E-state index contributed by atoms with van der Waals surface area (Å²) in [5.74, 6) is 0. The van der Waals surface area contributed by atoms with E-state index in [9.17, 15) is 0 Å². The monoisotopic (exact) mass is 284 g/mol. The molecule has 1 aliphatic rings. The second kappa shape index (κ2) is 5.17. The molecule has 1 saturated heterocycles. The minimum Gasteiger partial charge on any atom is -0.398 e. The SMILES string of the molecule is CC1CN(Cc2cccc(N)c2Br)CCO1. The van der Waals surface area contributed by atoms with Gasteiger partial charge in [-0.3, -0.25) is 4.90 Å². The molecule has 0 saturated carbocycles. The average Bonchev–Trinajstić information content (AvgIpc) is 2.25. The van der Waals surface area contributed by atoms with Crippen LogP contribution in [0.4, 0.5) is 5.69 Å². The van der Waals surface area contributed by atoms with E-state index in [1.165, 1.54) is 5.56 Å². The minimum atomic E-state index is 0.327. The summed E-state index contributed by atoms with van der Waals surface area (Å²) in [5, 5.41) is 0. The third kappa shape index (κ3) is 2.75. The fourth-order valence-corrected chi connectivity index (χ4v) is 2.39. The third-order valence-corrected chi connectivity index (χ3v) is 3.79. The van der Waals surface area contributed by atoms with Gasteiger partial charge in [-0.2, -0.15) is 0 Å². The molecule has 1 aromatic rings. The lowest BCUT2D eigenvalue weighted by atomic mass is 10.1. The van der Waals surface area contributed by atoms with Gasteiger partial charge in [-0.05, 0) is 34.5 Å². The minimum absolute atomic E-state index is 0.327. The van der Waals surface area contributed by atoms with Crippen molar-refractivity contribution in [1.29, 1.82) is 0 Å². The Morgan fingerprint density at radius 2 is 2.38 bits per heavy atom. The van der Waals surface area contributed by atoms with Crippen LogP contribution in [0.3, 0.4) is 0 Å². The number of hydrogen-bond donors (Lipinski definition) is 1. The Morgan fingerprint density at radius 1 is 1.56 bits per heavy atom. The van der Waals surface area contributed by atoms with Gasteiger partial charge >= 0.3 is 0 Å². The van der Waals surface area contributed by atoms with Crippen molar-refractivity contribution in [1.82, 2.24) is 4.90 Å². The van der Waals surface area contributed by atoms with Gasteiger partial charge in [0.05, 0.1) is 12.7 Å². The largest absolute Gasteiger partial charge is 0.398 e. The Balaban J connectivity index is 2.05. The predicted molar refractivity (Wildman–Crippen MR) is 69.2 cm³/mol. The molecule has 0 bridgehead atoms. The van der Waals surface area contributed by atoms with E-state index in [2.05, 4.69) is 33.8 Å². The highest BCUT2D eigenvalue weighted by atomic mass is 79.9. The van der Waals surface area contributed by atoms with Crippen LogP contribution in [0.15, 0.2) is 22.7 Å². The van der Waals surface area contributed by atoms with Gasteiger partial charge in [-0.15, -0.1) is 0 Å². The maximum atomic E-state index is 5.86. The van der Waals surface area contributed by atoms with Gasteiger partial charge in [0, 0.05) is 29.8 Å². The topological polar surface area (TPSA) is 38.5 Å². The molecule has 16 heavy (non-hydrogen) atoms. The fourth-order valence-electron chi connectivity index (χ4n) is 2.00. The molecule has 1 heterocycles. The van der Waals surface area contributed by atoms with E-state index in [1.54, 1.807) is 0 Å². The Kier molecular flexibility index (Phi) is 3.84. The molecule has 1 fully saturated rings. The van der Waals surface area contributed by atoms with E-state index in [1.807, 2.05) is 12.1 Å². The van der Waals surface area contributed by atoms with E-state index in [4.69, 9.17) is 10.5 Å². The van der Waals surface area contributed by atoms with Gasteiger partial charge in [0.2, 0.25) is 0 Å². The maximum absolute atomic E-state index is 5.86. The smallest absolute Gasteiger partial charge is 0.0674 e. The van der Waals surface area contributed by atoms with Crippen molar-refractivity contribution in [2.24, 2.45) is 0 Å². The molecule has 0 amide bonds. The number of nitrogen functional groups attached to an aromatic ring is 1. The average molecular weight is 285 g/mol. The molecular formula is C12H17BrN2O. The first-order valence-corrected chi connectivity index (χ1v) is 6.33. The van der Waals surface area contributed by atoms with Crippen LogP contribution in [-0.4, -0.2) is 30.7 Å². The van der Waals surface area contributed by atoms with Crippen LogP contribution >= 0.6 is 15.9 Å². The summed E-state index contributed by atoms with van der Waals surface area (Å²) in [6, 6.07) is 6.02. The van der Waals surface area contributed by atoms with Gasteiger partial charge in [-0.25, -0.2) is 0 Å². The predicted octanol–water partition coefficient (Wildman–Crippen LogP) is 2.25. The molecule has 1 aromatic carbocycles. The van der Waals surface area contributed by atoms with Crippen LogP contribution in [0, 0.1) is 0 Å². The molecule has 0 aromatic heterocycles. The Bertz CT molecular complexity index is 370. The first kappa shape index (κ1) is 11.9. The van der Waals surface area contributed by atoms with Crippen LogP contribution in [-0.2, 0) is 11.3 Å².